The maximum atomic E-state index is 12.4. The molecular weight excluding hydrogens is 270 g/mol. The number of hydrogen-bond donors (Lipinski definition) is 1. The van der Waals surface area contributed by atoms with Crippen molar-refractivity contribution in [2.24, 2.45) is 5.73 Å². The van der Waals surface area contributed by atoms with Gasteiger partial charge < -0.3 is 5.73 Å². The summed E-state index contributed by atoms with van der Waals surface area (Å²) in [4.78, 5) is 10.3. The molecule has 0 bridgehead atoms. The molecule has 2 N–H and O–H groups in total. The number of hydrogen-bond acceptors (Lipinski definition) is 5. The van der Waals surface area contributed by atoms with Gasteiger partial charge in [-0.05, 0) is 19.4 Å². The van der Waals surface area contributed by atoms with Crippen molar-refractivity contribution in [1.82, 2.24) is 4.31 Å². The minimum Gasteiger partial charge on any atom is -0.326 e. The first-order valence-corrected chi connectivity index (χ1v) is 7.28. The van der Waals surface area contributed by atoms with Gasteiger partial charge in [-0.15, -0.1) is 0 Å². The molecule has 0 aromatic heterocycles. The summed E-state index contributed by atoms with van der Waals surface area (Å²) in [5.41, 5.74) is 5.67. The normalized spacial score (nSPS) is 20.6. The standard InChI is InChI=1S/C11H15N3O4S/c1-8-10(14(15)16)3-2-4-11(8)19(17,18)13-6-5-9(12)7-13/h2-4,9H,5-7,12H2,1H3/t9-/m1/s1. The lowest BCUT2D eigenvalue weighted by Gasteiger charge is -2.17. The summed E-state index contributed by atoms with van der Waals surface area (Å²) in [6.07, 6.45) is 0.604. The molecule has 0 radical (unpaired) electrons. The molecule has 2 rings (SSSR count). The molecule has 1 aliphatic heterocycles. The molecule has 8 heteroatoms. The van der Waals surface area contributed by atoms with E-state index < -0.39 is 14.9 Å². The van der Waals surface area contributed by atoms with Crippen molar-refractivity contribution in [2.45, 2.75) is 24.3 Å². The van der Waals surface area contributed by atoms with E-state index in [-0.39, 0.29) is 28.7 Å². The zero-order valence-electron chi connectivity index (χ0n) is 10.4. The average Bonchev–Trinajstić information content (AvgIpc) is 2.76. The SMILES string of the molecule is Cc1c([N+](=O)[O-])cccc1S(=O)(=O)N1CC[C@@H](N)C1. The average molecular weight is 285 g/mol. The molecule has 7 nitrogen and oxygen atoms in total. The number of rotatable bonds is 3. The second-order valence-corrected chi connectivity index (χ2v) is 6.48. The van der Waals surface area contributed by atoms with E-state index in [1.54, 1.807) is 0 Å². The van der Waals surface area contributed by atoms with Gasteiger partial charge in [-0.3, -0.25) is 10.1 Å². The minimum absolute atomic E-state index is 0.0178. The van der Waals surface area contributed by atoms with Crippen molar-refractivity contribution in [3.8, 4) is 0 Å². The molecule has 19 heavy (non-hydrogen) atoms. The fourth-order valence-corrected chi connectivity index (χ4v) is 3.95. The fraction of sp³-hybridized carbons (Fsp3) is 0.455. The van der Waals surface area contributed by atoms with E-state index >= 15 is 0 Å². The van der Waals surface area contributed by atoms with Crippen LogP contribution in [0.1, 0.15) is 12.0 Å². The molecule has 1 saturated heterocycles. The molecule has 1 fully saturated rings. The number of nitrogens with zero attached hydrogens (tertiary/aromatic N) is 2. The Labute approximate surface area is 111 Å². The van der Waals surface area contributed by atoms with Crippen LogP contribution in [0.3, 0.4) is 0 Å². The van der Waals surface area contributed by atoms with Gasteiger partial charge in [0.15, 0.2) is 0 Å². The number of nitro benzene ring substituents is 1. The minimum atomic E-state index is -3.71. The smallest absolute Gasteiger partial charge is 0.273 e. The van der Waals surface area contributed by atoms with Crippen LogP contribution in [0.25, 0.3) is 0 Å². The van der Waals surface area contributed by atoms with Gasteiger partial charge in [-0.25, -0.2) is 8.42 Å². The zero-order valence-corrected chi connectivity index (χ0v) is 11.3. The third-order valence-corrected chi connectivity index (χ3v) is 5.27. The Morgan fingerprint density at radius 3 is 2.68 bits per heavy atom. The van der Waals surface area contributed by atoms with Gasteiger partial charge >= 0.3 is 0 Å². The molecule has 1 atom stereocenters. The molecule has 0 amide bonds. The first kappa shape index (κ1) is 13.9. The van der Waals surface area contributed by atoms with Gasteiger partial charge in [-0.2, -0.15) is 4.31 Å². The first-order valence-electron chi connectivity index (χ1n) is 5.84. The van der Waals surface area contributed by atoms with Crippen LogP contribution >= 0.6 is 0 Å². The number of nitro groups is 1. The van der Waals surface area contributed by atoms with E-state index in [9.17, 15) is 18.5 Å². The van der Waals surface area contributed by atoms with E-state index in [0.717, 1.165) is 0 Å². The van der Waals surface area contributed by atoms with Gasteiger partial charge in [-0.1, -0.05) is 6.07 Å². The monoisotopic (exact) mass is 285 g/mol. The molecule has 104 valence electrons. The Kier molecular flexibility index (Phi) is 3.57. The van der Waals surface area contributed by atoms with Crippen molar-refractivity contribution in [3.05, 3.63) is 33.9 Å². The molecule has 0 unspecified atom stereocenters. The van der Waals surface area contributed by atoms with Gasteiger partial charge in [0.2, 0.25) is 10.0 Å². The lowest BCUT2D eigenvalue weighted by molar-refractivity contribution is -0.385. The highest BCUT2D eigenvalue weighted by atomic mass is 32.2. The molecule has 1 aromatic carbocycles. The Bertz CT molecular complexity index is 614. The molecule has 0 aliphatic carbocycles. The van der Waals surface area contributed by atoms with Crippen molar-refractivity contribution < 1.29 is 13.3 Å². The molecule has 0 saturated carbocycles. The van der Waals surface area contributed by atoms with Crippen LogP contribution in [0.15, 0.2) is 23.1 Å². The lowest BCUT2D eigenvalue weighted by atomic mass is 10.2. The number of benzene rings is 1. The molecule has 1 aliphatic rings. The highest BCUT2D eigenvalue weighted by molar-refractivity contribution is 7.89. The van der Waals surface area contributed by atoms with Gasteiger partial charge in [0.1, 0.15) is 0 Å². The van der Waals surface area contributed by atoms with Crippen LogP contribution < -0.4 is 5.73 Å². The summed E-state index contributed by atoms with van der Waals surface area (Å²) in [5.74, 6) is 0. The van der Waals surface area contributed by atoms with E-state index in [4.69, 9.17) is 5.73 Å². The van der Waals surface area contributed by atoms with Crippen molar-refractivity contribution in [1.29, 1.82) is 0 Å². The van der Waals surface area contributed by atoms with E-state index in [2.05, 4.69) is 0 Å². The Hall–Kier alpha value is -1.51. The Morgan fingerprint density at radius 2 is 2.16 bits per heavy atom. The van der Waals surface area contributed by atoms with Crippen LogP contribution in [0.4, 0.5) is 5.69 Å². The maximum Gasteiger partial charge on any atom is 0.273 e. The second-order valence-electron chi connectivity index (χ2n) is 4.57. The van der Waals surface area contributed by atoms with E-state index in [1.165, 1.54) is 29.4 Å². The van der Waals surface area contributed by atoms with Crippen LogP contribution in [0.5, 0.6) is 0 Å². The van der Waals surface area contributed by atoms with Gasteiger partial charge in [0.05, 0.1) is 9.82 Å². The lowest BCUT2D eigenvalue weighted by Crippen LogP contribution is -2.32. The van der Waals surface area contributed by atoms with Gasteiger partial charge in [0.25, 0.3) is 5.69 Å². The quantitative estimate of drug-likeness (QED) is 0.647. The second kappa shape index (κ2) is 4.87. The van der Waals surface area contributed by atoms with E-state index in [1.807, 2.05) is 0 Å². The molecule has 1 aromatic rings. The van der Waals surface area contributed by atoms with Crippen molar-refractivity contribution >= 4 is 15.7 Å². The Balaban J connectivity index is 2.47. The predicted octanol–water partition coefficient (Wildman–Crippen LogP) is 0.625. The number of sulfonamides is 1. The van der Waals surface area contributed by atoms with Crippen LogP contribution in [0.2, 0.25) is 0 Å². The third-order valence-electron chi connectivity index (χ3n) is 3.26. The highest BCUT2D eigenvalue weighted by Gasteiger charge is 2.33. The summed E-state index contributed by atoms with van der Waals surface area (Å²) in [5, 5.41) is 10.9. The topological polar surface area (TPSA) is 107 Å². The molecule has 0 spiro atoms. The molecule has 1 heterocycles. The highest BCUT2D eigenvalue weighted by Crippen LogP contribution is 2.28. The molecular formula is C11H15N3O4S. The van der Waals surface area contributed by atoms with Crippen LogP contribution in [-0.4, -0.2) is 36.8 Å². The van der Waals surface area contributed by atoms with Gasteiger partial charge in [0, 0.05) is 30.8 Å². The first-order chi connectivity index (χ1) is 8.84. The summed E-state index contributed by atoms with van der Waals surface area (Å²) in [6, 6.07) is 3.90. The largest absolute Gasteiger partial charge is 0.326 e. The van der Waals surface area contributed by atoms with Crippen LogP contribution in [0, 0.1) is 17.0 Å². The summed E-state index contributed by atoms with van der Waals surface area (Å²) in [6.45, 7) is 2.05. The Morgan fingerprint density at radius 1 is 1.47 bits per heavy atom. The predicted molar refractivity (Wildman–Crippen MR) is 69.2 cm³/mol. The fourth-order valence-electron chi connectivity index (χ4n) is 2.19. The summed E-state index contributed by atoms with van der Waals surface area (Å²) < 4.78 is 26.1. The van der Waals surface area contributed by atoms with Crippen molar-refractivity contribution in [2.75, 3.05) is 13.1 Å². The van der Waals surface area contributed by atoms with E-state index in [0.29, 0.717) is 13.0 Å². The van der Waals surface area contributed by atoms with Crippen molar-refractivity contribution in [3.63, 3.8) is 0 Å². The third kappa shape index (κ3) is 2.46. The maximum absolute atomic E-state index is 12.4. The number of nitrogens with two attached hydrogens (primary N) is 1. The summed E-state index contributed by atoms with van der Waals surface area (Å²) >= 11 is 0. The zero-order chi connectivity index (χ0) is 14.2. The van der Waals surface area contributed by atoms with Crippen LogP contribution in [-0.2, 0) is 10.0 Å². The summed E-state index contributed by atoms with van der Waals surface area (Å²) in [7, 11) is -3.71.